The maximum absolute atomic E-state index is 9.51. The molecule has 1 fully saturated rings. The van der Waals surface area contributed by atoms with Gasteiger partial charge in [0.15, 0.2) is 0 Å². The lowest BCUT2D eigenvalue weighted by atomic mass is 9.82. The number of rotatable bonds is 7. The third-order valence-corrected chi connectivity index (χ3v) is 4.54. The van der Waals surface area contributed by atoms with Crippen molar-refractivity contribution in [1.29, 1.82) is 0 Å². The van der Waals surface area contributed by atoms with Crippen LogP contribution in [0.5, 0.6) is 0 Å². The predicted molar refractivity (Wildman–Crippen MR) is 66.4 cm³/mol. The SMILES string of the molecule is CCC(CC)(CO)CNC1(CO)CCCC1. The van der Waals surface area contributed by atoms with Crippen LogP contribution >= 0.6 is 0 Å². The first kappa shape index (κ1) is 13.9. The molecule has 0 atom stereocenters. The van der Waals surface area contributed by atoms with Gasteiger partial charge in [0.2, 0.25) is 0 Å². The summed E-state index contributed by atoms with van der Waals surface area (Å²) in [7, 11) is 0. The normalized spacial score (nSPS) is 20.2. The van der Waals surface area contributed by atoms with Gasteiger partial charge >= 0.3 is 0 Å². The maximum Gasteiger partial charge on any atom is 0.0613 e. The first-order chi connectivity index (χ1) is 7.66. The molecule has 3 nitrogen and oxygen atoms in total. The zero-order chi connectivity index (χ0) is 12.1. The van der Waals surface area contributed by atoms with Crippen LogP contribution in [0, 0.1) is 5.41 Å². The fourth-order valence-corrected chi connectivity index (χ4v) is 2.60. The van der Waals surface area contributed by atoms with Crippen LogP contribution in [0.1, 0.15) is 52.4 Å². The van der Waals surface area contributed by atoms with E-state index >= 15 is 0 Å². The standard InChI is InChI=1S/C13H27NO2/c1-3-12(4-2,10-15)9-14-13(11-16)7-5-6-8-13/h14-16H,3-11H2,1-2H3. The molecule has 0 amide bonds. The van der Waals surface area contributed by atoms with Crippen molar-refractivity contribution in [2.24, 2.45) is 5.41 Å². The Labute approximate surface area is 99.3 Å². The molecular weight excluding hydrogens is 202 g/mol. The molecule has 0 radical (unpaired) electrons. The van der Waals surface area contributed by atoms with Gasteiger partial charge in [-0.25, -0.2) is 0 Å². The molecule has 0 spiro atoms. The second-order valence-corrected chi connectivity index (χ2v) is 5.36. The van der Waals surface area contributed by atoms with Crippen molar-refractivity contribution in [2.45, 2.75) is 57.9 Å². The number of aliphatic hydroxyl groups excluding tert-OH is 2. The Morgan fingerprint density at radius 2 is 1.69 bits per heavy atom. The first-order valence-electron chi connectivity index (χ1n) is 6.63. The highest BCUT2D eigenvalue weighted by Gasteiger charge is 2.35. The minimum absolute atomic E-state index is 0.00917. The maximum atomic E-state index is 9.51. The lowest BCUT2D eigenvalue weighted by Crippen LogP contribution is -2.51. The smallest absolute Gasteiger partial charge is 0.0613 e. The number of hydrogen-bond donors (Lipinski definition) is 3. The average Bonchev–Trinajstić information content (AvgIpc) is 2.81. The summed E-state index contributed by atoms with van der Waals surface area (Å²) in [6, 6.07) is 0. The Balaban J connectivity index is 2.53. The van der Waals surface area contributed by atoms with Crippen molar-refractivity contribution in [2.75, 3.05) is 19.8 Å². The first-order valence-corrected chi connectivity index (χ1v) is 6.63. The van der Waals surface area contributed by atoms with Crippen LogP contribution in [0.25, 0.3) is 0 Å². The minimum Gasteiger partial charge on any atom is -0.396 e. The van der Waals surface area contributed by atoms with Crippen LogP contribution in [-0.2, 0) is 0 Å². The largest absolute Gasteiger partial charge is 0.396 e. The molecule has 1 aliphatic carbocycles. The number of aliphatic hydroxyl groups is 2. The summed E-state index contributed by atoms with van der Waals surface area (Å²) in [5.41, 5.74) is -0.0739. The van der Waals surface area contributed by atoms with Crippen LogP contribution in [0.4, 0.5) is 0 Å². The Morgan fingerprint density at radius 1 is 1.12 bits per heavy atom. The quantitative estimate of drug-likeness (QED) is 0.622. The van der Waals surface area contributed by atoms with Gasteiger partial charge in [0, 0.05) is 24.1 Å². The topological polar surface area (TPSA) is 52.5 Å². The molecule has 16 heavy (non-hydrogen) atoms. The van der Waals surface area contributed by atoms with E-state index in [1.165, 1.54) is 12.8 Å². The van der Waals surface area contributed by atoms with Gasteiger partial charge in [-0.05, 0) is 25.7 Å². The van der Waals surface area contributed by atoms with E-state index in [1.807, 2.05) is 0 Å². The highest BCUT2D eigenvalue weighted by atomic mass is 16.3. The third-order valence-electron chi connectivity index (χ3n) is 4.54. The van der Waals surface area contributed by atoms with Crippen molar-refractivity contribution in [3.05, 3.63) is 0 Å². The highest BCUT2D eigenvalue weighted by molar-refractivity contribution is 4.94. The van der Waals surface area contributed by atoms with Crippen LogP contribution in [0.3, 0.4) is 0 Å². The Hall–Kier alpha value is -0.120. The Morgan fingerprint density at radius 3 is 2.06 bits per heavy atom. The highest BCUT2D eigenvalue weighted by Crippen LogP contribution is 2.31. The van der Waals surface area contributed by atoms with E-state index in [2.05, 4.69) is 19.2 Å². The minimum atomic E-state index is -0.0647. The summed E-state index contributed by atoms with van der Waals surface area (Å²) in [6.07, 6.45) is 6.51. The lowest BCUT2D eigenvalue weighted by Gasteiger charge is -2.36. The van der Waals surface area contributed by atoms with Crippen LogP contribution in [0.2, 0.25) is 0 Å². The molecule has 0 unspecified atom stereocenters. The van der Waals surface area contributed by atoms with Crippen LogP contribution < -0.4 is 5.32 Å². The van der Waals surface area contributed by atoms with Gasteiger partial charge in [0.25, 0.3) is 0 Å². The molecular formula is C13H27NO2. The third kappa shape index (κ3) is 2.96. The Kier molecular flexibility index (Phi) is 5.22. The van der Waals surface area contributed by atoms with Crippen LogP contribution in [0.15, 0.2) is 0 Å². The lowest BCUT2D eigenvalue weighted by molar-refractivity contribution is 0.0860. The fourth-order valence-electron chi connectivity index (χ4n) is 2.60. The molecule has 0 saturated heterocycles. The zero-order valence-corrected chi connectivity index (χ0v) is 10.8. The second-order valence-electron chi connectivity index (χ2n) is 5.36. The molecule has 1 saturated carbocycles. The molecule has 0 aromatic rings. The van der Waals surface area contributed by atoms with Crippen molar-refractivity contribution in [1.82, 2.24) is 5.32 Å². The van der Waals surface area contributed by atoms with Gasteiger partial charge in [-0.3, -0.25) is 0 Å². The van der Waals surface area contributed by atoms with E-state index in [-0.39, 0.29) is 24.2 Å². The van der Waals surface area contributed by atoms with E-state index in [1.54, 1.807) is 0 Å². The number of nitrogens with one attached hydrogen (secondary N) is 1. The summed E-state index contributed by atoms with van der Waals surface area (Å²) in [5, 5.41) is 22.5. The van der Waals surface area contributed by atoms with Gasteiger partial charge in [0.1, 0.15) is 0 Å². The van der Waals surface area contributed by atoms with Gasteiger partial charge in [-0.2, -0.15) is 0 Å². The van der Waals surface area contributed by atoms with E-state index < -0.39 is 0 Å². The predicted octanol–water partition coefficient (Wildman–Crippen LogP) is 1.68. The van der Waals surface area contributed by atoms with Gasteiger partial charge < -0.3 is 15.5 Å². The molecule has 0 aliphatic heterocycles. The zero-order valence-electron chi connectivity index (χ0n) is 10.8. The van der Waals surface area contributed by atoms with E-state index in [9.17, 15) is 10.2 Å². The van der Waals surface area contributed by atoms with Crippen molar-refractivity contribution >= 4 is 0 Å². The van der Waals surface area contributed by atoms with Gasteiger partial charge in [-0.15, -0.1) is 0 Å². The molecule has 3 heteroatoms. The fraction of sp³-hybridized carbons (Fsp3) is 1.00. The average molecular weight is 229 g/mol. The molecule has 96 valence electrons. The van der Waals surface area contributed by atoms with E-state index in [0.717, 1.165) is 32.2 Å². The summed E-state index contributed by atoms with van der Waals surface area (Å²) < 4.78 is 0. The molecule has 0 bridgehead atoms. The Bertz CT molecular complexity index is 179. The molecule has 3 N–H and O–H groups in total. The molecule has 1 aliphatic rings. The summed E-state index contributed by atoms with van der Waals surface area (Å²) in [6.45, 7) is 5.52. The van der Waals surface area contributed by atoms with E-state index in [4.69, 9.17) is 0 Å². The second kappa shape index (κ2) is 5.99. The van der Waals surface area contributed by atoms with Gasteiger partial charge in [0.05, 0.1) is 6.61 Å². The monoisotopic (exact) mass is 229 g/mol. The summed E-state index contributed by atoms with van der Waals surface area (Å²) in [5.74, 6) is 0. The van der Waals surface area contributed by atoms with Crippen molar-refractivity contribution in [3.63, 3.8) is 0 Å². The summed E-state index contributed by atoms with van der Waals surface area (Å²) in [4.78, 5) is 0. The summed E-state index contributed by atoms with van der Waals surface area (Å²) >= 11 is 0. The molecule has 0 aromatic heterocycles. The van der Waals surface area contributed by atoms with E-state index in [0.29, 0.717) is 0 Å². The molecule has 0 aromatic carbocycles. The van der Waals surface area contributed by atoms with Gasteiger partial charge in [-0.1, -0.05) is 26.7 Å². The van der Waals surface area contributed by atoms with Crippen LogP contribution in [-0.4, -0.2) is 35.5 Å². The van der Waals surface area contributed by atoms with Crippen molar-refractivity contribution < 1.29 is 10.2 Å². The molecule has 1 rings (SSSR count). The molecule has 0 heterocycles. The van der Waals surface area contributed by atoms with Crippen molar-refractivity contribution in [3.8, 4) is 0 Å². The number of hydrogen-bond acceptors (Lipinski definition) is 3.